The van der Waals surface area contributed by atoms with Crippen molar-refractivity contribution in [3.63, 3.8) is 0 Å². The Morgan fingerprint density at radius 1 is 1.24 bits per heavy atom. The van der Waals surface area contributed by atoms with E-state index in [2.05, 4.69) is 20.6 Å². The van der Waals surface area contributed by atoms with Crippen LogP contribution in [-0.4, -0.2) is 46.2 Å². The number of hydrogen-bond acceptors (Lipinski definition) is 6. The second-order valence-corrected chi connectivity index (χ2v) is 9.68. The van der Waals surface area contributed by atoms with Crippen molar-refractivity contribution in [1.29, 1.82) is 0 Å². The van der Waals surface area contributed by atoms with Crippen molar-refractivity contribution in [1.82, 2.24) is 20.2 Å². The summed E-state index contributed by atoms with van der Waals surface area (Å²) in [7, 11) is 0. The fraction of sp³-hybridized carbons (Fsp3) is 0.522. The van der Waals surface area contributed by atoms with Crippen LogP contribution in [0, 0.1) is 5.92 Å². The standard InChI is InChI=1S/C23H29ClF3N5O2/c1-22(2,3)34-21(33)32-9-7-15(8-10-32)12-28-13-16-14-29-20(31-19(16)23(25,26)27)30-18-6-4-5-17(24)11-18/h4-6,11,14-15,28H,7-10,12-13H2,1-3H3,(H,29,30,31). The Morgan fingerprint density at radius 3 is 2.56 bits per heavy atom. The number of rotatable bonds is 6. The second-order valence-electron chi connectivity index (χ2n) is 9.24. The van der Waals surface area contributed by atoms with Crippen LogP contribution in [0.5, 0.6) is 0 Å². The molecule has 1 aromatic heterocycles. The van der Waals surface area contributed by atoms with Crippen LogP contribution in [0.1, 0.15) is 44.9 Å². The first kappa shape index (κ1) is 26.0. The van der Waals surface area contributed by atoms with E-state index in [1.54, 1.807) is 29.2 Å². The number of piperidine rings is 1. The lowest BCUT2D eigenvalue weighted by molar-refractivity contribution is -0.141. The molecule has 0 saturated carbocycles. The van der Waals surface area contributed by atoms with E-state index >= 15 is 0 Å². The number of aromatic nitrogens is 2. The molecule has 2 aromatic rings. The van der Waals surface area contributed by atoms with Gasteiger partial charge in [-0.2, -0.15) is 13.2 Å². The van der Waals surface area contributed by atoms with Gasteiger partial charge in [-0.05, 0) is 64.3 Å². The lowest BCUT2D eigenvalue weighted by Crippen LogP contribution is -2.43. The number of carbonyl (C=O) groups is 1. The van der Waals surface area contributed by atoms with Gasteiger partial charge in [0.2, 0.25) is 5.95 Å². The van der Waals surface area contributed by atoms with Crippen LogP contribution in [-0.2, 0) is 17.5 Å². The fourth-order valence-corrected chi connectivity index (χ4v) is 3.78. The summed E-state index contributed by atoms with van der Waals surface area (Å²) in [6.07, 6.45) is -2.28. The summed E-state index contributed by atoms with van der Waals surface area (Å²) in [4.78, 5) is 21.6. The van der Waals surface area contributed by atoms with E-state index < -0.39 is 17.5 Å². The molecule has 0 spiro atoms. The quantitative estimate of drug-likeness (QED) is 0.536. The number of carbonyl (C=O) groups excluding carboxylic acids is 1. The molecular weight excluding hydrogens is 471 g/mol. The molecule has 34 heavy (non-hydrogen) atoms. The van der Waals surface area contributed by atoms with Gasteiger partial charge in [0.1, 0.15) is 5.60 Å². The van der Waals surface area contributed by atoms with Crippen molar-refractivity contribution in [2.45, 2.75) is 51.9 Å². The van der Waals surface area contributed by atoms with Crippen molar-refractivity contribution >= 4 is 29.3 Å². The molecule has 11 heteroatoms. The van der Waals surface area contributed by atoms with Gasteiger partial charge < -0.3 is 20.3 Å². The first-order valence-corrected chi connectivity index (χ1v) is 11.4. The first-order chi connectivity index (χ1) is 15.9. The molecule has 1 aliphatic heterocycles. The van der Waals surface area contributed by atoms with E-state index in [4.69, 9.17) is 16.3 Å². The average Bonchev–Trinajstić information content (AvgIpc) is 2.73. The maximum atomic E-state index is 13.6. The summed E-state index contributed by atoms with van der Waals surface area (Å²) in [6.45, 7) is 7.09. The molecule has 1 amide bonds. The Morgan fingerprint density at radius 2 is 1.94 bits per heavy atom. The molecule has 0 bridgehead atoms. The van der Waals surface area contributed by atoms with Crippen LogP contribution in [0.3, 0.4) is 0 Å². The van der Waals surface area contributed by atoms with Crippen LogP contribution < -0.4 is 10.6 Å². The van der Waals surface area contributed by atoms with Gasteiger partial charge in [0.05, 0.1) is 0 Å². The third-order valence-corrected chi connectivity index (χ3v) is 5.46. The highest BCUT2D eigenvalue weighted by Crippen LogP contribution is 2.31. The second kappa shape index (κ2) is 10.8. The molecule has 0 atom stereocenters. The number of halogens is 4. The van der Waals surface area contributed by atoms with Gasteiger partial charge in [-0.15, -0.1) is 0 Å². The fourth-order valence-electron chi connectivity index (χ4n) is 3.59. The Hall–Kier alpha value is -2.59. The zero-order chi connectivity index (χ0) is 24.9. The molecule has 2 N–H and O–H groups in total. The minimum Gasteiger partial charge on any atom is -0.444 e. The van der Waals surface area contributed by atoms with Crippen LogP contribution in [0.25, 0.3) is 0 Å². The Bertz CT molecular complexity index is 989. The first-order valence-electron chi connectivity index (χ1n) is 11.0. The number of hydrogen-bond donors (Lipinski definition) is 2. The molecule has 1 fully saturated rings. The molecule has 1 aromatic carbocycles. The third kappa shape index (κ3) is 7.73. The SMILES string of the molecule is CC(C)(C)OC(=O)N1CCC(CNCc2cnc(Nc3cccc(Cl)c3)nc2C(F)(F)F)CC1. The van der Waals surface area contributed by atoms with E-state index in [0.717, 1.165) is 12.8 Å². The highest BCUT2D eigenvalue weighted by Gasteiger charge is 2.36. The summed E-state index contributed by atoms with van der Waals surface area (Å²) in [5, 5.41) is 6.28. The number of ether oxygens (including phenoxy) is 1. The van der Waals surface area contributed by atoms with Gasteiger partial charge in [-0.3, -0.25) is 0 Å². The van der Waals surface area contributed by atoms with Crippen LogP contribution in [0.4, 0.5) is 29.6 Å². The third-order valence-electron chi connectivity index (χ3n) is 5.23. The summed E-state index contributed by atoms with van der Waals surface area (Å²) in [5.41, 5.74) is -1.08. The number of alkyl halides is 3. The minimum absolute atomic E-state index is 0.0153. The maximum Gasteiger partial charge on any atom is 0.433 e. The van der Waals surface area contributed by atoms with Crippen molar-refractivity contribution in [3.05, 3.63) is 46.7 Å². The highest BCUT2D eigenvalue weighted by atomic mass is 35.5. The number of anilines is 2. The molecule has 1 saturated heterocycles. The van der Waals surface area contributed by atoms with Gasteiger partial charge in [-0.1, -0.05) is 17.7 Å². The average molecular weight is 500 g/mol. The van der Waals surface area contributed by atoms with Gasteiger partial charge in [-0.25, -0.2) is 14.8 Å². The van der Waals surface area contributed by atoms with E-state index in [-0.39, 0.29) is 30.1 Å². The lowest BCUT2D eigenvalue weighted by atomic mass is 9.97. The van der Waals surface area contributed by atoms with Crippen molar-refractivity contribution in [3.8, 4) is 0 Å². The van der Waals surface area contributed by atoms with E-state index in [1.807, 2.05) is 20.8 Å². The number of benzene rings is 1. The molecule has 186 valence electrons. The Balaban J connectivity index is 1.55. The predicted molar refractivity (Wildman–Crippen MR) is 124 cm³/mol. The number of nitrogens with one attached hydrogen (secondary N) is 2. The molecule has 2 heterocycles. The van der Waals surface area contributed by atoms with E-state index in [1.165, 1.54) is 6.20 Å². The molecule has 0 unspecified atom stereocenters. The zero-order valence-electron chi connectivity index (χ0n) is 19.4. The summed E-state index contributed by atoms with van der Waals surface area (Å²) in [6, 6.07) is 6.56. The molecule has 0 aliphatic carbocycles. The zero-order valence-corrected chi connectivity index (χ0v) is 20.1. The molecule has 1 aliphatic rings. The minimum atomic E-state index is -4.62. The number of nitrogens with zero attached hydrogens (tertiary/aromatic N) is 3. The van der Waals surface area contributed by atoms with Gasteiger partial charge >= 0.3 is 12.3 Å². The summed E-state index contributed by atoms with van der Waals surface area (Å²) < 4.78 is 46.3. The van der Waals surface area contributed by atoms with Gasteiger partial charge in [0.25, 0.3) is 0 Å². The monoisotopic (exact) mass is 499 g/mol. The van der Waals surface area contributed by atoms with Gasteiger partial charge in [0.15, 0.2) is 5.69 Å². The lowest BCUT2D eigenvalue weighted by Gasteiger charge is -2.33. The Kier molecular flexibility index (Phi) is 8.25. The normalized spacial score (nSPS) is 15.3. The maximum absolute atomic E-state index is 13.6. The van der Waals surface area contributed by atoms with Crippen molar-refractivity contribution < 1.29 is 22.7 Å². The van der Waals surface area contributed by atoms with Crippen molar-refractivity contribution in [2.75, 3.05) is 25.0 Å². The molecule has 3 rings (SSSR count). The van der Waals surface area contributed by atoms with E-state index in [9.17, 15) is 18.0 Å². The number of amides is 1. The van der Waals surface area contributed by atoms with Crippen LogP contribution >= 0.6 is 11.6 Å². The highest BCUT2D eigenvalue weighted by molar-refractivity contribution is 6.30. The van der Waals surface area contributed by atoms with Crippen LogP contribution in [0.2, 0.25) is 5.02 Å². The van der Waals surface area contributed by atoms with Gasteiger partial charge in [0, 0.05) is 42.1 Å². The number of likely N-dealkylation sites (tertiary alicyclic amines) is 1. The largest absolute Gasteiger partial charge is 0.444 e. The smallest absolute Gasteiger partial charge is 0.433 e. The van der Waals surface area contributed by atoms with E-state index in [0.29, 0.717) is 30.3 Å². The molecule has 7 nitrogen and oxygen atoms in total. The Labute approximate surface area is 202 Å². The van der Waals surface area contributed by atoms with Crippen LogP contribution in [0.15, 0.2) is 30.5 Å². The molecular formula is C23H29ClF3N5O2. The molecule has 0 radical (unpaired) electrons. The topological polar surface area (TPSA) is 79.4 Å². The predicted octanol–water partition coefficient (Wildman–Crippen LogP) is 5.63. The summed E-state index contributed by atoms with van der Waals surface area (Å²) >= 11 is 5.92. The van der Waals surface area contributed by atoms with Crippen molar-refractivity contribution in [2.24, 2.45) is 5.92 Å². The summed E-state index contributed by atoms with van der Waals surface area (Å²) in [5.74, 6) is 0.0885.